The zero-order valence-electron chi connectivity index (χ0n) is 17.1. The summed E-state index contributed by atoms with van der Waals surface area (Å²) < 4.78 is 11.7. The normalized spacial score (nSPS) is 13.3. The second-order valence-electron chi connectivity index (χ2n) is 8.66. The third kappa shape index (κ3) is 6.71. The van der Waals surface area contributed by atoms with Crippen molar-refractivity contribution >= 4 is 5.97 Å². The van der Waals surface area contributed by atoms with Crippen LogP contribution in [0.25, 0.3) is 11.3 Å². The molecule has 0 aromatic carbocycles. The Morgan fingerprint density at radius 2 is 1.93 bits per heavy atom. The Labute approximate surface area is 161 Å². The summed E-state index contributed by atoms with van der Waals surface area (Å²) >= 11 is 0. The number of esters is 1. The van der Waals surface area contributed by atoms with Crippen LogP contribution in [0.5, 0.6) is 5.88 Å². The zero-order valence-corrected chi connectivity index (χ0v) is 17.1. The summed E-state index contributed by atoms with van der Waals surface area (Å²) in [5.41, 5.74) is 1.13. The number of H-pyrrole nitrogens is 1. The van der Waals surface area contributed by atoms with Gasteiger partial charge >= 0.3 is 5.97 Å². The molecule has 0 amide bonds. The molecule has 0 bridgehead atoms. The Bertz CT molecular complexity index is 728. The molecule has 0 unspecified atom stereocenters. The van der Waals surface area contributed by atoms with Crippen LogP contribution in [0.15, 0.2) is 36.7 Å². The van der Waals surface area contributed by atoms with Crippen LogP contribution in [-0.4, -0.2) is 40.7 Å². The number of nitrogens with zero attached hydrogens (tertiary/aromatic N) is 1. The lowest BCUT2D eigenvalue weighted by molar-refractivity contribution is -0.160. The fourth-order valence-corrected chi connectivity index (χ4v) is 2.26. The van der Waals surface area contributed by atoms with Gasteiger partial charge in [0.2, 0.25) is 5.88 Å². The van der Waals surface area contributed by atoms with Gasteiger partial charge in [0.15, 0.2) is 0 Å². The molecule has 0 spiro atoms. The number of carbonyl (C=O) groups is 1. The molecule has 27 heavy (non-hydrogen) atoms. The van der Waals surface area contributed by atoms with Crippen molar-refractivity contribution in [2.24, 2.45) is 5.41 Å². The van der Waals surface area contributed by atoms with Crippen molar-refractivity contribution in [1.82, 2.24) is 15.3 Å². The minimum atomic E-state index is -0.569. The third-order valence-corrected chi connectivity index (χ3v) is 3.81. The molecular formula is C21H31N3O3. The van der Waals surface area contributed by atoms with Crippen LogP contribution in [0.4, 0.5) is 0 Å². The summed E-state index contributed by atoms with van der Waals surface area (Å²) in [6, 6.07) is 7.69. The number of hydrogen-bond donors (Lipinski definition) is 2. The molecule has 148 valence electrons. The van der Waals surface area contributed by atoms with E-state index in [1.54, 1.807) is 6.20 Å². The maximum Gasteiger partial charge on any atom is 0.311 e. The summed E-state index contributed by atoms with van der Waals surface area (Å²) in [7, 11) is 0. The molecule has 0 aliphatic rings. The highest BCUT2D eigenvalue weighted by Gasteiger charge is 2.27. The van der Waals surface area contributed by atoms with Crippen LogP contribution in [-0.2, 0) is 9.53 Å². The van der Waals surface area contributed by atoms with E-state index in [1.807, 2.05) is 51.2 Å². The van der Waals surface area contributed by atoms with Crippen LogP contribution in [0.2, 0.25) is 0 Å². The van der Waals surface area contributed by atoms with Gasteiger partial charge in [0.1, 0.15) is 12.7 Å². The fourth-order valence-electron chi connectivity index (χ4n) is 2.26. The van der Waals surface area contributed by atoms with E-state index in [9.17, 15) is 4.79 Å². The summed E-state index contributed by atoms with van der Waals surface area (Å²) in [4.78, 5) is 19.8. The Morgan fingerprint density at radius 1 is 1.19 bits per heavy atom. The largest absolute Gasteiger partial charge is 0.473 e. The molecule has 0 aliphatic heterocycles. The maximum atomic E-state index is 12.3. The van der Waals surface area contributed by atoms with Gasteiger partial charge in [-0.15, -0.1) is 0 Å². The first kappa shape index (κ1) is 21.0. The molecule has 0 aliphatic carbocycles. The van der Waals surface area contributed by atoms with Gasteiger partial charge in [-0.1, -0.05) is 0 Å². The van der Waals surface area contributed by atoms with E-state index in [0.29, 0.717) is 12.4 Å². The number of rotatable bonds is 7. The smallest absolute Gasteiger partial charge is 0.311 e. The van der Waals surface area contributed by atoms with E-state index in [2.05, 4.69) is 36.1 Å². The van der Waals surface area contributed by atoms with Crippen molar-refractivity contribution in [3.63, 3.8) is 0 Å². The lowest BCUT2D eigenvalue weighted by Crippen LogP contribution is -2.45. The van der Waals surface area contributed by atoms with Crippen LogP contribution in [0.3, 0.4) is 0 Å². The minimum Gasteiger partial charge on any atom is -0.473 e. The van der Waals surface area contributed by atoms with Gasteiger partial charge in [-0.05, 0) is 65.8 Å². The van der Waals surface area contributed by atoms with Crippen molar-refractivity contribution < 1.29 is 14.3 Å². The van der Waals surface area contributed by atoms with E-state index < -0.39 is 11.5 Å². The predicted molar refractivity (Wildman–Crippen MR) is 107 cm³/mol. The third-order valence-electron chi connectivity index (χ3n) is 3.81. The highest BCUT2D eigenvalue weighted by Crippen LogP contribution is 2.26. The monoisotopic (exact) mass is 373 g/mol. The van der Waals surface area contributed by atoms with Crippen molar-refractivity contribution in [2.45, 2.75) is 53.2 Å². The average molecular weight is 373 g/mol. The Hall–Kier alpha value is -2.34. The van der Waals surface area contributed by atoms with Crippen molar-refractivity contribution in [3.8, 4) is 17.1 Å². The Balaban J connectivity index is 2.10. The highest BCUT2D eigenvalue weighted by atomic mass is 16.6. The summed E-state index contributed by atoms with van der Waals surface area (Å²) in [5.74, 6) is 0.255. The molecular weight excluding hydrogens is 342 g/mol. The molecule has 2 aromatic rings. The summed E-state index contributed by atoms with van der Waals surface area (Å²) in [6.45, 7) is 12.4. The number of aromatic nitrogens is 2. The first-order chi connectivity index (χ1) is 12.6. The van der Waals surface area contributed by atoms with Gasteiger partial charge in [0, 0.05) is 24.5 Å². The molecule has 0 saturated carbocycles. The van der Waals surface area contributed by atoms with Gasteiger partial charge in [-0.2, -0.15) is 0 Å². The van der Waals surface area contributed by atoms with Gasteiger partial charge in [-0.3, -0.25) is 4.79 Å². The number of ether oxygens (including phenoxy) is 2. The second-order valence-corrected chi connectivity index (χ2v) is 8.66. The lowest BCUT2D eigenvalue weighted by Gasteiger charge is -2.27. The fraction of sp³-hybridized carbons (Fsp3) is 0.524. The first-order valence-corrected chi connectivity index (χ1v) is 9.24. The Morgan fingerprint density at radius 3 is 2.52 bits per heavy atom. The minimum absolute atomic E-state index is 0.0905. The number of aromatic amines is 1. The van der Waals surface area contributed by atoms with Crippen molar-refractivity contribution in [3.05, 3.63) is 36.7 Å². The van der Waals surface area contributed by atoms with E-state index in [0.717, 1.165) is 11.3 Å². The zero-order chi connectivity index (χ0) is 20.1. The molecule has 0 fully saturated rings. The van der Waals surface area contributed by atoms with Gasteiger partial charge in [0.25, 0.3) is 0 Å². The van der Waals surface area contributed by atoms with Gasteiger partial charge in [0.05, 0.1) is 16.7 Å². The quantitative estimate of drug-likeness (QED) is 0.722. The summed E-state index contributed by atoms with van der Waals surface area (Å²) in [5, 5.41) is 3.37. The van der Waals surface area contributed by atoms with Gasteiger partial charge < -0.3 is 19.8 Å². The van der Waals surface area contributed by atoms with Crippen LogP contribution in [0.1, 0.15) is 41.5 Å². The number of carbonyl (C=O) groups excluding carboxylic acids is 1. The van der Waals surface area contributed by atoms with Gasteiger partial charge in [-0.25, -0.2) is 4.98 Å². The molecule has 2 rings (SSSR count). The second kappa shape index (κ2) is 8.57. The first-order valence-electron chi connectivity index (χ1n) is 9.24. The topological polar surface area (TPSA) is 76.2 Å². The van der Waals surface area contributed by atoms with E-state index >= 15 is 0 Å². The average Bonchev–Trinajstić information content (AvgIpc) is 3.10. The van der Waals surface area contributed by atoms with E-state index in [-0.39, 0.29) is 18.1 Å². The molecule has 6 heteroatoms. The number of hydrogen-bond acceptors (Lipinski definition) is 5. The SMILES string of the molecule is CC(C)(C)NC[C@@H](COc1ncccc1-c1ccc[nH]1)OC(=O)C(C)(C)C. The lowest BCUT2D eigenvalue weighted by atomic mass is 9.97. The van der Waals surface area contributed by atoms with E-state index in [1.165, 1.54) is 0 Å². The molecule has 6 nitrogen and oxygen atoms in total. The van der Waals surface area contributed by atoms with Crippen molar-refractivity contribution in [2.75, 3.05) is 13.2 Å². The molecule has 0 saturated heterocycles. The molecule has 2 heterocycles. The molecule has 1 atom stereocenters. The standard InChI is InChI=1S/C21H31N3O3/c1-20(2,3)19(25)27-15(13-24-21(4,5)6)14-26-18-16(9-7-12-23-18)17-10-8-11-22-17/h7-12,15,22,24H,13-14H2,1-6H3/t15-/m0/s1. The molecule has 2 aromatic heterocycles. The number of nitrogens with one attached hydrogen (secondary N) is 2. The number of pyridine rings is 1. The molecule has 0 radical (unpaired) electrons. The van der Waals surface area contributed by atoms with Crippen LogP contribution < -0.4 is 10.1 Å². The highest BCUT2D eigenvalue weighted by molar-refractivity contribution is 5.75. The summed E-state index contributed by atoms with van der Waals surface area (Å²) in [6.07, 6.45) is 3.12. The molecule has 2 N–H and O–H groups in total. The van der Waals surface area contributed by atoms with Crippen LogP contribution in [0, 0.1) is 5.41 Å². The Kier molecular flexibility index (Phi) is 6.65. The van der Waals surface area contributed by atoms with Crippen LogP contribution >= 0.6 is 0 Å². The van der Waals surface area contributed by atoms with E-state index in [4.69, 9.17) is 9.47 Å². The maximum absolute atomic E-state index is 12.3. The van der Waals surface area contributed by atoms with Crippen molar-refractivity contribution in [1.29, 1.82) is 0 Å². The predicted octanol–water partition coefficient (Wildman–Crippen LogP) is 3.80.